The van der Waals surface area contributed by atoms with E-state index in [2.05, 4.69) is 34.3 Å². The molecule has 3 heterocycles. The first-order valence-electron chi connectivity index (χ1n) is 10.8. The fourth-order valence-corrected chi connectivity index (χ4v) is 4.24. The van der Waals surface area contributed by atoms with Crippen molar-refractivity contribution in [1.29, 1.82) is 0 Å². The molecule has 1 aliphatic rings. The van der Waals surface area contributed by atoms with Gasteiger partial charge in [0.2, 0.25) is 11.6 Å². The summed E-state index contributed by atoms with van der Waals surface area (Å²) in [6.45, 7) is 10.2. The highest BCUT2D eigenvalue weighted by Gasteiger charge is 2.29. The van der Waals surface area contributed by atoms with Crippen LogP contribution in [0.3, 0.4) is 0 Å². The number of aromatic nitrogens is 2. The summed E-state index contributed by atoms with van der Waals surface area (Å²) in [4.78, 5) is 24.3. The number of nitrogens with zero attached hydrogens (tertiary/aromatic N) is 3. The van der Waals surface area contributed by atoms with Gasteiger partial charge in [-0.05, 0) is 45.1 Å². The minimum absolute atomic E-state index is 0.0413. The number of nitrogens with one attached hydrogen (secondary N) is 1. The van der Waals surface area contributed by atoms with E-state index in [0.717, 1.165) is 41.9 Å². The molecule has 3 aromatic rings. The fraction of sp³-hybridized carbons (Fsp3) is 0.458. The molecule has 2 aromatic heterocycles. The van der Waals surface area contributed by atoms with E-state index in [9.17, 15) is 4.79 Å². The van der Waals surface area contributed by atoms with Crippen LogP contribution in [0.25, 0.3) is 11.1 Å². The molecule has 1 aromatic carbocycles. The first kappa shape index (κ1) is 20.4. The molecule has 0 saturated carbocycles. The first-order chi connectivity index (χ1) is 14.4. The molecule has 6 nitrogen and oxygen atoms in total. The third-order valence-corrected chi connectivity index (χ3v) is 6.16. The molecule has 1 aliphatic heterocycles. The van der Waals surface area contributed by atoms with Gasteiger partial charge in [0, 0.05) is 25.2 Å². The summed E-state index contributed by atoms with van der Waals surface area (Å²) < 4.78 is 5.84. The second-order valence-electron chi connectivity index (χ2n) is 8.40. The fourth-order valence-electron chi connectivity index (χ4n) is 4.24. The topological polar surface area (TPSA) is 71.3 Å². The molecule has 0 bridgehead atoms. The number of carbonyl (C=O) groups is 1. The molecule has 30 heavy (non-hydrogen) atoms. The third kappa shape index (κ3) is 4.04. The number of benzene rings is 1. The quantitative estimate of drug-likeness (QED) is 0.685. The molecule has 158 valence electrons. The van der Waals surface area contributed by atoms with Gasteiger partial charge in [0.1, 0.15) is 17.4 Å². The number of piperidine rings is 1. The maximum atomic E-state index is 12.9. The van der Waals surface area contributed by atoms with Gasteiger partial charge in [-0.15, -0.1) is 0 Å². The lowest BCUT2D eigenvalue weighted by atomic mass is 9.96. The standard InChI is InChI=1S/C24H30N4O2/c1-15(19-9-6-5-7-10-19)13-25-23(29)20-11-8-12-28(14-20)22-21-16(2)17(3)30-24(21)27-18(4)26-22/h5-7,9-10,15,20H,8,11-14H2,1-4H3,(H,25,29)/t15-,20-/m1/s1. The van der Waals surface area contributed by atoms with Gasteiger partial charge >= 0.3 is 0 Å². The Labute approximate surface area is 177 Å². The van der Waals surface area contributed by atoms with Crippen LogP contribution < -0.4 is 10.2 Å². The molecular weight excluding hydrogens is 376 g/mol. The van der Waals surface area contributed by atoms with E-state index in [1.165, 1.54) is 5.56 Å². The van der Waals surface area contributed by atoms with Crippen molar-refractivity contribution in [3.63, 3.8) is 0 Å². The Bertz CT molecular complexity index is 1040. The number of hydrogen-bond acceptors (Lipinski definition) is 5. The molecular formula is C24H30N4O2. The summed E-state index contributed by atoms with van der Waals surface area (Å²) >= 11 is 0. The monoisotopic (exact) mass is 406 g/mol. The van der Waals surface area contributed by atoms with Crippen LogP contribution >= 0.6 is 0 Å². The summed E-state index contributed by atoms with van der Waals surface area (Å²) in [7, 11) is 0. The van der Waals surface area contributed by atoms with Gasteiger partial charge in [-0.25, -0.2) is 4.98 Å². The van der Waals surface area contributed by atoms with Gasteiger partial charge < -0.3 is 14.6 Å². The lowest BCUT2D eigenvalue weighted by Gasteiger charge is -2.33. The van der Waals surface area contributed by atoms with E-state index in [0.29, 0.717) is 24.6 Å². The zero-order valence-electron chi connectivity index (χ0n) is 18.2. The van der Waals surface area contributed by atoms with E-state index in [4.69, 9.17) is 9.40 Å². The Kier molecular flexibility index (Phi) is 5.75. The Balaban J connectivity index is 1.47. The van der Waals surface area contributed by atoms with Crippen molar-refractivity contribution in [3.05, 3.63) is 53.0 Å². The molecule has 6 heteroatoms. The van der Waals surface area contributed by atoms with Crippen molar-refractivity contribution < 1.29 is 9.21 Å². The van der Waals surface area contributed by atoms with E-state index in [1.807, 2.05) is 39.0 Å². The molecule has 1 fully saturated rings. The summed E-state index contributed by atoms with van der Waals surface area (Å²) in [6, 6.07) is 10.3. The van der Waals surface area contributed by atoms with Crippen molar-refractivity contribution in [2.24, 2.45) is 5.92 Å². The van der Waals surface area contributed by atoms with Crippen molar-refractivity contribution in [2.45, 2.75) is 46.5 Å². The van der Waals surface area contributed by atoms with Crippen LogP contribution in [-0.4, -0.2) is 35.5 Å². The number of aryl methyl sites for hydroxylation is 3. The molecule has 0 aliphatic carbocycles. The van der Waals surface area contributed by atoms with E-state index >= 15 is 0 Å². The average molecular weight is 407 g/mol. The summed E-state index contributed by atoms with van der Waals surface area (Å²) in [6.07, 6.45) is 1.87. The van der Waals surface area contributed by atoms with Crippen LogP contribution in [-0.2, 0) is 4.79 Å². The second kappa shape index (κ2) is 8.46. The summed E-state index contributed by atoms with van der Waals surface area (Å²) in [5.41, 5.74) is 2.95. The van der Waals surface area contributed by atoms with Crippen LogP contribution in [0.1, 0.15) is 48.4 Å². The van der Waals surface area contributed by atoms with Gasteiger partial charge in [0.25, 0.3) is 0 Å². The number of furan rings is 1. The molecule has 1 saturated heterocycles. The lowest BCUT2D eigenvalue weighted by molar-refractivity contribution is -0.125. The molecule has 2 atom stereocenters. The highest BCUT2D eigenvalue weighted by Crippen LogP contribution is 2.33. The Morgan fingerprint density at radius 1 is 1.23 bits per heavy atom. The largest absolute Gasteiger partial charge is 0.443 e. The summed E-state index contributed by atoms with van der Waals surface area (Å²) in [5, 5.41) is 4.14. The number of hydrogen-bond donors (Lipinski definition) is 1. The smallest absolute Gasteiger partial charge is 0.231 e. The van der Waals surface area contributed by atoms with Gasteiger partial charge in [-0.3, -0.25) is 4.79 Å². The third-order valence-electron chi connectivity index (χ3n) is 6.16. The number of rotatable bonds is 5. The van der Waals surface area contributed by atoms with Gasteiger partial charge in [-0.1, -0.05) is 37.3 Å². The second-order valence-corrected chi connectivity index (χ2v) is 8.40. The van der Waals surface area contributed by atoms with Gasteiger partial charge in [-0.2, -0.15) is 4.98 Å². The van der Waals surface area contributed by atoms with Crippen LogP contribution in [0, 0.1) is 26.7 Å². The number of carbonyl (C=O) groups excluding carboxylic acids is 1. The number of anilines is 1. The Morgan fingerprint density at radius 3 is 2.77 bits per heavy atom. The van der Waals surface area contributed by atoms with Crippen LogP contribution in [0.2, 0.25) is 0 Å². The zero-order valence-corrected chi connectivity index (χ0v) is 18.2. The van der Waals surface area contributed by atoms with E-state index in [1.54, 1.807) is 0 Å². The van der Waals surface area contributed by atoms with Gasteiger partial charge in [0.05, 0.1) is 11.3 Å². The molecule has 4 rings (SSSR count). The lowest BCUT2D eigenvalue weighted by Crippen LogP contribution is -2.44. The highest BCUT2D eigenvalue weighted by molar-refractivity contribution is 5.90. The molecule has 0 unspecified atom stereocenters. The molecule has 0 radical (unpaired) electrons. The first-order valence-corrected chi connectivity index (χ1v) is 10.8. The minimum Gasteiger partial charge on any atom is -0.443 e. The van der Waals surface area contributed by atoms with Crippen molar-refractivity contribution >= 4 is 22.8 Å². The molecule has 1 N–H and O–H groups in total. The zero-order chi connectivity index (χ0) is 21.3. The molecule has 1 amide bonds. The average Bonchev–Trinajstić information content (AvgIpc) is 3.05. The van der Waals surface area contributed by atoms with Crippen molar-refractivity contribution in [2.75, 3.05) is 24.5 Å². The normalized spacial score (nSPS) is 17.9. The van der Waals surface area contributed by atoms with Gasteiger partial charge in [0.15, 0.2) is 0 Å². The predicted octanol–water partition coefficient (Wildman–Crippen LogP) is 4.28. The Hall–Kier alpha value is -2.89. The highest BCUT2D eigenvalue weighted by atomic mass is 16.3. The van der Waals surface area contributed by atoms with E-state index < -0.39 is 0 Å². The summed E-state index contributed by atoms with van der Waals surface area (Å²) in [5.74, 6) is 2.82. The van der Waals surface area contributed by atoms with Crippen molar-refractivity contribution in [3.8, 4) is 0 Å². The van der Waals surface area contributed by atoms with Crippen LogP contribution in [0.4, 0.5) is 5.82 Å². The minimum atomic E-state index is -0.0413. The Morgan fingerprint density at radius 2 is 2.00 bits per heavy atom. The predicted molar refractivity (Wildman–Crippen MR) is 119 cm³/mol. The number of fused-ring (bicyclic) bond motifs is 1. The SMILES string of the molecule is Cc1nc(N2CCC[C@@H](C(=O)NC[C@@H](C)c3ccccc3)C2)c2c(C)c(C)oc2n1. The van der Waals surface area contributed by atoms with Crippen LogP contribution in [0.5, 0.6) is 0 Å². The maximum Gasteiger partial charge on any atom is 0.231 e. The van der Waals surface area contributed by atoms with Crippen LogP contribution in [0.15, 0.2) is 34.7 Å². The van der Waals surface area contributed by atoms with Crippen molar-refractivity contribution in [1.82, 2.24) is 15.3 Å². The molecule has 0 spiro atoms. The number of amides is 1. The maximum absolute atomic E-state index is 12.9. The van der Waals surface area contributed by atoms with E-state index in [-0.39, 0.29) is 17.7 Å².